The van der Waals surface area contributed by atoms with Gasteiger partial charge in [0.05, 0.1) is 19.5 Å². The van der Waals surface area contributed by atoms with E-state index in [1.54, 1.807) is 18.0 Å². The Balaban J connectivity index is 2.42. The van der Waals surface area contributed by atoms with Gasteiger partial charge in [0.25, 0.3) is 0 Å². The normalized spacial score (nSPS) is 12.6. The molecule has 0 saturated carbocycles. The number of methoxy groups -OCH3 is 1. The summed E-state index contributed by atoms with van der Waals surface area (Å²) in [5, 5.41) is 21.0. The summed E-state index contributed by atoms with van der Waals surface area (Å²) in [6, 6.07) is 0. The molecule has 7 heteroatoms. The van der Waals surface area contributed by atoms with E-state index >= 15 is 0 Å². The number of hydrogen-bond donors (Lipinski definition) is 3. The van der Waals surface area contributed by atoms with Crippen LogP contribution in [-0.4, -0.2) is 32.2 Å². The van der Waals surface area contributed by atoms with Gasteiger partial charge in [-0.3, -0.25) is 9.78 Å². The number of nitrogens with two attached hydrogens (primary N) is 1. The number of aromatic nitrogens is 4. The van der Waals surface area contributed by atoms with E-state index in [9.17, 15) is 5.11 Å². The molecule has 0 aromatic carbocycles. The number of rotatable bonds is 5. The Kier molecular flexibility index (Phi) is 3.52. The van der Waals surface area contributed by atoms with Crippen molar-refractivity contribution >= 4 is 5.82 Å². The largest absolute Gasteiger partial charge is 0.493 e. The molecule has 0 saturated heterocycles. The molecular formula is C11H17N5O2. The van der Waals surface area contributed by atoms with E-state index in [4.69, 9.17) is 10.5 Å². The van der Waals surface area contributed by atoms with E-state index in [0.29, 0.717) is 29.4 Å². The Morgan fingerprint density at radius 3 is 2.89 bits per heavy atom. The van der Waals surface area contributed by atoms with Gasteiger partial charge in [0, 0.05) is 12.1 Å². The van der Waals surface area contributed by atoms with E-state index in [0.717, 1.165) is 6.42 Å². The Bertz CT molecular complexity index is 519. The number of H-pyrrole nitrogens is 1. The molecular weight excluding hydrogens is 234 g/mol. The van der Waals surface area contributed by atoms with Crippen molar-refractivity contribution in [2.45, 2.75) is 26.0 Å². The smallest absolute Gasteiger partial charge is 0.163 e. The molecule has 1 unspecified atom stereocenters. The van der Waals surface area contributed by atoms with Gasteiger partial charge in [0.2, 0.25) is 0 Å². The molecule has 0 aliphatic carbocycles. The second-order valence-electron chi connectivity index (χ2n) is 3.96. The fraction of sp³-hybridized carbons (Fsp3) is 0.455. The van der Waals surface area contributed by atoms with Gasteiger partial charge in [-0.1, -0.05) is 6.92 Å². The second kappa shape index (κ2) is 5.09. The van der Waals surface area contributed by atoms with E-state index in [1.165, 1.54) is 6.20 Å². The van der Waals surface area contributed by atoms with Gasteiger partial charge in [-0.15, -0.1) is 0 Å². The van der Waals surface area contributed by atoms with E-state index in [-0.39, 0.29) is 0 Å². The second-order valence-corrected chi connectivity index (χ2v) is 3.96. The number of ether oxygens (including phenoxy) is 1. The number of aliphatic hydroxyl groups is 1. The Morgan fingerprint density at radius 1 is 1.56 bits per heavy atom. The van der Waals surface area contributed by atoms with Crippen LogP contribution in [0.2, 0.25) is 0 Å². The fourth-order valence-electron chi connectivity index (χ4n) is 1.87. The minimum atomic E-state index is -0.909. The topological polar surface area (TPSA) is 102 Å². The molecule has 2 rings (SSSR count). The lowest BCUT2D eigenvalue weighted by Crippen LogP contribution is -2.12. The molecule has 0 bridgehead atoms. The van der Waals surface area contributed by atoms with E-state index in [2.05, 4.69) is 15.3 Å². The Morgan fingerprint density at radius 2 is 2.33 bits per heavy atom. The molecule has 0 radical (unpaired) electrons. The van der Waals surface area contributed by atoms with Gasteiger partial charge in [0.1, 0.15) is 17.6 Å². The van der Waals surface area contributed by atoms with Gasteiger partial charge in [0.15, 0.2) is 5.75 Å². The van der Waals surface area contributed by atoms with Crippen LogP contribution in [0.5, 0.6) is 5.75 Å². The lowest BCUT2D eigenvalue weighted by Gasteiger charge is -2.14. The van der Waals surface area contributed by atoms with Crippen LogP contribution in [0.4, 0.5) is 5.82 Å². The zero-order chi connectivity index (χ0) is 13.1. The third kappa shape index (κ3) is 2.04. The van der Waals surface area contributed by atoms with Crippen molar-refractivity contribution in [1.82, 2.24) is 20.0 Å². The molecule has 0 amide bonds. The molecule has 2 aromatic rings. The summed E-state index contributed by atoms with van der Waals surface area (Å²) >= 11 is 0. The molecule has 0 aliphatic rings. The molecule has 1 atom stereocenters. The summed E-state index contributed by atoms with van der Waals surface area (Å²) in [4.78, 5) is 0. The van der Waals surface area contributed by atoms with E-state index < -0.39 is 6.10 Å². The highest BCUT2D eigenvalue weighted by molar-refractivity contribution is 5.44. The lowest BCUT2D eigenvalue weighted by molar-refractivity contribution is 0.202. The molecule has 2 heterocycles. The van der Waals surface area contributed by atoms with Gasteiger partial charge in [-0.25, -0.2) is 0 Å². The molecule has 2 aromatic heterocycles. The quantitative estimate of drug-likeness (QED) is 0.725. The standard InChI is InChI=1S/C11H17N5O2/c1-3-4-16-9(8(18-2)6-14-16)10(17)7-5-13-15-11(7)12/h5-6,10,17H,3-4H2,1-2H3,(H3,12,13,15). The number of nitrogen functional groups attached to an aromatic ring is 1. The van der Waals surface area contributed by atoms with Crippen LogP contribution in [0.25, 0.3) is 0 Å². The highest BCUT2D eigenvalue weighted by Gasteiger charge is 2.24. The first-order chi connectivity index (χ1) is 8.69. The Hall–Kier alpha value is -2.02. The summed E-state index contributed by atoms with van der Waals surface area (Å²) in [5.41, 5.74) is 6.82. The number of anilines is 1. The third-order valence-electron chi connectivity index (χ3n) is 2.75. The van der Waals surface area contributed by atoms with Crippen molar-refractivity contribution in [3.8, 4) is 5.75 Å². The van der Waals surface area contributed by atoms with Crippen molar-refractivity contribution in [2.24, 2.45) is 0 Å². The molecule has 0 spiro atoms. The maximum atomic E-state index is 10.4. The summed E-state index contributed by atoms with van der Waals surface area (Å²) in [7, 11) is 1.54. The highest BCUT2D eigenvalue weighted by Crippen LogP contribution is 2.31. The van der Waals surface area contributed by atoms with Gasteiger partial charge in [-0.05, 0) is 6.42 Å². The zero-order valence-corrected chi connectivity index (χ0v) is 10.4. The maximum Gasteiger partial charge on any atom is 0.163 e. The summed E-state index contributed by atoms with van der Waals surface area (Å²) in [6.07, 6.45) is 3.09. The van der Waals surface area contributed by atoms with Crippen molar-refractivity contribution in [3.05, 3.63) is 23.7 Å². The summed E-state index contributed by atoms with van der Waals surface area (Å²) in [6.45, 7) is 2.74. The molecule has 0 aliphatic heterocycles. The molecule has 0 fully saturated rings. The predicted molar refractivity (Wildman–Crippen MR) is 66.1 cm³/mol. The average molecular weight is 251 g/mol. The SMILES string of the molecule is CCCn1ncc(OC)c1C(O)c1cn[nH]c1N. The first-order valence-corrected chi connectivity index (χ1v) is 5.75. The predicted octanol–water partition coefficient (Wildman–Crippen LogP) is 0.689. The van der Waals surface area contributed by atoms with Gasteiger partial charge in [-0.2, -0.15) is 10.2 Å². The Labute approximate surface area is 105 Å². The van der Waals surface area contributed by atoms with Crippen LogP contribution in [0.1, 0.15) is 30.7 Å². The van der Waals surface area contributed by atoms with Crippen molar-refractivity contribution in [2.75, 3.05) is 12.8 Å². The van der Waals surface area contributed by atoms with Crippen molar-refractivity contribution < 1.29 is 9.84 Å². The van der Waals surface area contributed by atoms with Crippen LogP contribution in [0, 0.1) is 0 Å². The minimum absolute atomic E-state index is 0.341. The third-order valence-corrected chi connectivity index (χ3v) is 2.75. The average Bonchev–Trinajstić information content (AvgIpc) is 2.95. The van der Waals surface area contributed by atoms with Crippen molar-refractivity contribution in [1.29, 1.82) is 0 Å². The highest BCUT2D eigenvalue weighted by atomic mass is 16.5. The number of nitrogens with zero attached hydrogens (tertiary/aromatic N) is 3. The fourth-order valence-corrected chi connectivity index (χ4v) is 1.87. The van der Waals surface area contributed by atoms with Crippen LogP contribution in [0.3, 0.4) is 0 Å². The number of nitrogens with one attached hydrogen (secondary N) is 1. The van der Waals surface area contributed by atoms with Crippen LogP contribution in [-0.2, 0) is 6.54 Å². The lowest BCUT2D eigenvalue weighted by atomic mass is 10.1. The van der Waals surface area contributed by atoms with Gasteiger partial charge >= 0.3 is 0 Å². The molecule has 7 nitrogen and oxygen atoms in total. The van der Waals surface area contributed by atoms with Gasteiger partial charge < -0.3 is 15.6 Å². The minimum Gasteiger partial charge on any atom is -0.493 e. The number of aliphatic hydroxyl groups excluding tert-OH is 1. The number of aromatic amines is 1. The number of aryl methyl sites for hydroxylation is 1. The summed E-state index contributed by atoms with van der Waals surface area (Å²) in [5.74, 6) is 0.880. The number of hydrogen-bond acceptors (Lipinski definition) is 5. The van der Waals surface area contributed by atoms with Crippen LogP contribution >= 0.6 is 0 Å². The molecule has 4 N–H and O–H groups in total. The monoisotopic (exact) mass is 251 g/mol. The summed E-state index contributed by atoms with van der Waals surface area (Å²) < 4.78 is 6.93. The molecule has 18 heavy (non-hydrogen) atoms. The van der Waals surface area contributed by atoms with E-state index in [1.807, 2.05) is 6.92 Å². The molecule has 98 valence electrons. The first-order valence-electron chi connectivity index (χ1n) is 5.75. The van der Waals surface area contributed by atoms with Crippen LogP contribution < -0.4 is 10.5 Å². The maximum absolute atomic E-state index is 10.4. The van der Waals surface area contributed by atoms with Crippen molar-refractivity contribution in [3.63, 3.8) is 0 Å². The van der Waals surface area contributed by atoms with Crippen LogP contribution in [0.15, 0.2) is 12.4 Å². The zero-order valence-electron chi connectivity index (χ0n) is 10.4. The first kappa shape index (κ1) is 12.4.